The Morgan fingerprint density at radius 2 is 2.06 bits per heavy atom. The minimum Gasteiger partial charge on any atom is -0.454 e. The molecule has 0 saturated carbocycles. The fourth-order valence-electron chi connectivity index (χ4n) is 2.65. The molecule has 10 nitrogen and oxygen atoms in total. The molecule has 0 atom stereocenters. The van der Waals surface area contributed by atoms with Gasteiger partial charge in [-0.1, -0.05) is 35.5 Å². The van der Waals surface area contributed by atoms with Crippen molar-refractivity contribution in [1.29, 1.82) is 0 Å². The molecule has 0 saturated heterocycles. The molecule has 1 aliphatic heterocycles. The summed E-state index contributed by atoms with van der Waals surface area (Å²) in [5, 5.41) is 15.8. The quantitative estimate of drug-likeness (QED) is 0.213. The van der Waals surface area contributed by atoms with Crippen LogP contribution in [-0.4, -0.2) is 39.0 Å². The SMILES string of the molecule is C/C(=N\Nc1nnc(SCC(=O)Nc2ccccc2Cl)n1N)c1ccc2c(c1)OCO2. The molecular weight excluding hydrogens is 442 g/mol. The Labute approximate surface area is 186 Å². The molecule has 1 amide bonds. The van der Waals surface area contributed by atoms with E-state index in [9.17, 15) is 4.79 Å². The zero-order chi connectivity index (χ0) is 21.8. The second-order valence-electron chi connectivity index (χ2n) is 6.37. The summed E-state index contributed by atoms with van der Waals surface area (Å²) in [7, 11) is 0. The molecule has 2 heterocycles. The fourth-order valence-corrected chi connectivity index (χ4v) is 3.49. The summed E-state index contributed by atoms with van der Waals surface area (Å²) in [5.74, 6) is 7.46. The molecule has 0 fully saturated rings. The zero-order valence-corrected chi connectivity index (χ0v) is 17.9. The Balaban J connectivity index is 1.35. The van der Waals surface area contributed by atoms with E-state index in [1.54, 1.807) is 24.3 Å². The summed E-state index contributed by atoms with van der Waals surface area (Å²) in [5.41, 5.74) is 4.87. The lowest BCUT2D eigenvalue weighted by Crippen LogP contribution is -2.17. The normalized spacial score (nSPS) is 12.6. The first-order valence-electron chi connectivity index (χ1n) is 9.09. The highest BCUT2D eigenvalue weighted by molar-refractivity contribution is 7.99. The van der Waals surface area contributed by atoms with Crippen LogP contribution in [0.3, 0.4) is 0 Å². The second kappa shape index (κ2) is 9.14. The molecule has 0 spiro atoms. The molecule has 1 aromatic heterocycles. The lowest BCUT2D eigenvalue weighted by atomic mass is 10.1. The van der Waals surface area contributed by atoms with Crippen molar-refractivity contribution in [2.75, 3.05) is 29.1 Å². The number of carbonyl (C=O) groups is 1. The van der Waals surface area contributed by atoms with Gasteiger partial charge in [0.25, 0.3) is 5.95 Å². The van der Waals surface area contributed by atoms with E-state index in [-0.39, 0.29) is 24.4 Å². The molecule has 0 aliphatic carbocycles. The third-order valence-corrected chi connectivity index (χ3v) is 5.53. The average molecular weight is 460 g/mol. The first-order chi connectivity index (χ1) is 15.0. The maximum absolute atomic E-state index is 12.2. The summed E-state index contributed by atoms with van der Waals surface area (Å²) in [6.45, 7) is 2.04. The number of hydrogen-bond donors (Lipinski definition) is 3. The van der Waals surface area contributed by atoms with Crippen molar-refractivity contribution in [2.45, 2.75) is 12.1 Å². The van der Waals surface area contributed by atoms with Crippen LogP contribution in [0.1, 0.15) is 12.5 Å². The van der Waals surface area contributed by atoms with Gasteiger partial charge in [-0.25, -0.2) is 10.1 Å². The van der Waals surface area contributed by atoms with Crippen molar-refractivity contribution in [3.8, 4) is 11.5 Å². The third kappa shape index (κ3) is 4.84. The minimum atomic E-state index is -0.243. The van der Waals surface area contributed by atoms with Gasteiger partial charge in [-0.2, -0.15) is 5.10 Å². The zero-order valence-electron chi connectivity index (χ0n) is 16.3. The molecule has 1 aliphatic rings. The number of nitrogens with zero attached hydrogens (tertiary/aromatic N) is 4. The number of benzene rings is 2. The van der Waals surface area contributed by atoms with Crippen molar-refractivity contribution >= 4 is 46.6 Å². The highest BCUT2D eigenvalue weighted by Crippen LogP contribution is 2.32. The maximum Gasteiger partial charge on any atom is 0.264 e. The number of fused-ring (bicyclic) bond motifs is 1. The minimum absolute atomic E-state index is 0.0834. The van der Waals surface area contributed by atoms with Crippen molar-refractivity contribution in [2.24, 2.45) is 5.10 Å². The number of aromatic nitrogens is 3. The summed E-state index contributed by atoms with van der Waals surface area (Å²) in [6, 6.07) is 12.5. The number of rotatable bonds is 7. The second-order valence-corrected chi connectivity index (χ2v) is 7.72. The maximum atomic E-state index is 12.2. The molecule has 160 valence electrons. The standard InChI is InChI=1S/C19H18ClN7O3S/c1-11(12-6-7-15-16(8-12)30-10-29-15)23-24-18-25-26-19(27(18)21)31-9-17(28)22-14-5-3-2-4-13(14)20/h2-8H,9-10,21H2,1H3,(H,22,28)(H,24,25)/b23-11+. The largest absolute Gasteiger partial charge is 0.454 e. The Hall–Kier alpha value is -3.44. The first kappa shape index (κ1) is 20.8. The van der Waals surface area contributed by atoms with E-state index in [1.807, 2.05) is 25.1 Å². The summed E-state index contributed by atoms with van der Waals surface area (Å²) < 4.78 is 11.9. The van der Waals surface area contributed by atoms with Gasteiger partial charge < -0.3 is 20.6 Å². The van der Waals surface area contributed by atoms with Crippen molar-refractivity contribution in [1.82, 2.24) is 14.9 Å². The number of amides is 1. The van der Waals surface area contributed by atoms with Gasteiger partial charge in [0.2, 0.25) is 17.9 Å². The summed E-state index contributed by atoms with van der Waals surface area (Å²) >= 11 is 7.18. The van der Waals surface area contributed by atoms with Gasteiger partial charge in [0.05, 0.1) is 22.2 Å². The molecule has 3 aromatic rings. The fraction of sp³-hybridized carbons (Fsp3) is 0.158. The van der Waals surface area contributed by atoms with Crippen LogP contribution in [0.2, 0.25) is 5.02 Å². The van der Waals surface area contributed by atoms with Crippen molar-refractivity contribution in [3.05, 3.63) is 53.1 Å². The van der Waals surface area contributed by atoms with Crippen LogP contribution in [0.15, 0.2) is 52.7 Å². The van der Waals surface area contributed by atoms with Crippen molar-refractivity contribution in [3.63, 3.8) is 0 Å². The molecular formula is C19H18ClN7O3S. The number of para-hydroxylation sites is 1. The van der Waals surface area contributed by atoms with Gasteiger partial charge in [0, 0.05) is 5.56 Å². The number of anilines is 2. The van der Waals surface area contributed by atoms with E-state index in [4.69, 9.17) is 26.9 Å². The Kier molecular flexibility index (Phi) is 6.14. The Morgan fingerprint density at radius 3 is 2.90 bits per heavy atom. The van der Waals surface area contributed by atoms with Crippen LogP contribution in [-0.2, 0) is 4.79 Å². The molecule has 0 radical (unpaired) electrons. The Bertz CT molecular complexity index is 1150. The van der Waals surface area contributed by atoms with Gasteiger partial charge >= 0.3 is 0 Å². The van der Waals surface area contributed by atoms with E-state index in [0.717, 1.165) is 17.3 Å². The van der Waals surface area contributed by atoms with Gasteiger partial charge in [-0.15, -0.1) is 10.2 Å². The van der Waals surface area contributed by atoms with E-state index in [1.165, 1.54) is 4.68 Å². The van der Waals surface area contributed by atoms with E-state index < -0.39 is 0 Å². The predicted molar refractivity (Wildman–Crippen MR) is 119 cm³/mol. The van der Waals surface area contributed by atoms with Crippen LogP contribution in [0, 0.1) is 0 Å². The molecule has 0 unspecified atom stereocenters. The summed E-state index contributed by atoms with van der Waals surface area (Å²) in [4.78, 5) is 12.2. The summed E-state index contributed by atoms with van der Waals surface area (Å²) in [6.07, 6.45) is 0. The topological polar surface area (TPSA) is 129 Å². The number of nitrogens with two attached hydrogens (primary N) is 1. The highest BCUT2D eigenvalue weighted by Gasteiger charge is 2.15. The number of hydrazone groups is 1. The molecule has 2 aromatic carbocycles. The molecule has 4 rings (SSSR count). The van der Waals surface area contributed by atoms with Gasteiger partial charge in [-0.05, 0) is 37.3 Å². The average Bonchev–Trinajstić information content (AvgIpc) is 3.38. The highest BCUT2D eigenvalue weighted by atomic mass is 35.5. The third-order valence-electron chi connectivity index (χ3n) is 4.26. The van der Waals surface area contributed by atoms with E-state index in [0.29, 0.717) is 33.1 Å². The smallest absolute Gasteiger partial charge is 0.264 e. The number of halogens is 1. The lowest BCUT2D eigenvalue weighted by molar-refractivity contribution is -0.113. The van der Waals surface area contributed by atoms with Crippen LogP contribution in [0.4, 0.5) is 11.6 Å². The van der Waals surface area contributed by atoms with E-state index in [2.05, 4.69) is 26.0 Å². The van der Waals surface area contributed by atoms with Crippen LogP contribution in [0.25, 0.3) is 0 Å². The number of nitrogens with one attached hydrogen (secondary N) is 2. The first-order valence-corrected chi connectivity index (χ1v) is 10.5. The lowest BCUT2D eigenvalue weighted by Gasteiger charge is -2.07. The molecule has 0 bridgehead atoms. The number of carbonyl (C=O) groups excluding carboxylic acids is 1. The molecule has 31 heavy (non-hydrogen) atoms. The monoisotopic (exact) mass is 459 g/mol. The number of ether oxygens (including phenoxy) is 2. The number of hydrogen-bond acceptors (Lipinski definition) is 9. The molecule has 4 N–H and O–H groups in total. The van der Waals surface area contributed by atoms with Gasteiger partial charge in [0.15, 0.2) is 11.5 Å². The predicted octanol–water partition coefficient (Wildman–Crippen LogP) is 2.94. The Morgan fingerprint density at radius 1 is 1.26 bits per heavy atom. The molecule has 12 heteroatoms. The van der Waals surface area contributed by atoms with Gasteiger partial charge in [0.1, 0.15) is 0 Å². The number of nitrogen functional groups attached to an aromatic ring is 1. The van der Waals surface area contributed by atoms with E-state index >= 15 is 0 Å². The van der Waals surface area contributed by atoms with Crippen LogP contribution < -0.4 is 26.1 Å². The van der Waals surface area contributed by atoms with Crippen LogP contribution in [0.5, 0.6) is 11.5 Å². The van der Waals surface area contributed by atoms with Crippen LogP contribution >= 0.6 is 23.4 Å². The van der Waals surface area contributed by atoms with Gasteiger partial charge in [-0.3, -0.25) is 4.79 Å². The number of thioether (sulfide) groups is 1. The van der Waals surface area contributed by atoms with Crippen molar-refractivity contribution < 1.29 is 14.3 Å².